The summed E-state index contributed by atoms with van der Waals surface area (Å²) in [5.74, 6) is 0.144. The van der Waals surface area contributed by atoms with Gasteiger partial charge in [-0.1, -0.05) is 0 Å². The monoisotopic (exact) mass is 351 g/mol. The quantitative estimate of drug-likeness (QED) is 0.615. The van der Waals surface area contributed by atoms with Gasteiger partial charge < -0.3 is 14.4 Å². The van der Waals surface area contributed by atoms with Gasteiger partial charge in [-0.25, -0.2) is 4.39 Å². The average molecular weight is 351 g/mol. The average Bonchev–Trinajstić information content (AvgIpc) is 2.24. The Kier molecular flexibility index (Phi) is 4.22. The van der Waals surface area contributed by atoms with Gasteiger partial charge >= 0.3 is 0 Å². The Bertz CT molecular complexity index is 392. The van der Waals surface area contributed by atoms with Crippen molar-refractivity contribution in [3.05, 3.63) is 27.6 Å². The normalized spacial score (nSPS) is 16.4. The molecule has 0 amide bonds. The molecule has 0 atom stereocenters. The molecule has 1 heterocycles. The Labute approximate surface area is 114 Å². The van der Waals surface area contributed by atoms with Crippen LogP contribution >= 0.6 is 22.6 Å². The van der Waals surface area contributed by atoms with Crippen LogP contribution in [0.2, 0.25) is 0 Å². The molecule has 1 aromatic carbocycles. The van der Waals surface area contributed by atoms with Gasteiger partial charge in [-0.2, -0.15) is 0 Å². The minimum absolute atomic E-state index is 0.165. The van der Waals surface area contributed by atoms with E-state index in [2.05, 4.69) is 22.6 Å². The van der Waals surface area contributed by atoms with Crippen LogP contribution in [-0.4, -0.2) is 33.6 Å². The lowest BCUT2D eigenvalue weighted by atomic mass is 9.98. The Morgan fingerprint density at radius 2 is 2.00 bits per heavy atom. The van der Waals surface area contributed by atoms with Gasteiger partial charge in [0.25, 0.3) is 0 Å². The molecular weight excluding hydrogens is 336 g/mol. The molecule has 0 saturated carbocycles. The third-order valence-corrected chi connectivity index (χ3v) is 3.68. The number of nitrogens with zero attached hydrogens (tertiary/aromatic N) is 1. The number of halogens is 2. The van der Waals surface area contributed by atoms with Gasteiger partial charge in [0.05, 0.1) is 5.69 Å². The van der Waals surface area contributed by atoms with Crippen LogP contribution in [0, 0.1) is 15.3 Å². The molecule has 1 fully saturated rings. The van der Waals surface area contributed by atoms with Gasteiger partial charge in [-0.15, -0.1) is 0 Å². The number of rotatable bonds is 4. The Morgan fingerprint density at radius 1 is 1.35 bits per heavy atom. The molecule has 2 rings (SSSR count). The molecule has 1 aromatic rings. The van der Waals surface area contributed by atoms with Crippen molar-refractivity contribution in [3.63, 3.8) is 0 Å². The fraction of sp³-hybridized carbons (Fsp3) is 0.500. The third kappa shape index (κ3) is 2.71. The van der Waals surface area contributed by atoms with E-state index >= 15 is 0 Å². The van der Waals surface area contributed by atoms with Crippen molar-refractivity contribution >= 4 is 28.3 Å². The van der Waals surface area contributed by atoms with Crippen LogP contribution in [0.1, 0.15) is 0 Å². The van der Waals surface area contributed by atoms with E-state index in [0.717, 1.165) is 16.7 Å². The number of ether oxygens (including phenoxy) is 2. The fourth-order valence-electron chi connectivity index (χ4n) is 2.10. The molecule has 0 aliphatic carbocycles. The molecule has 0 spiro atoms. The highest BCUT2D eigenvalue weighted by Gasteiger charge is 2.34. The van der Waals surface area contributed by atoms with Crippen molar-refractivity contribution < 1.29 is 13.9 Å². The van der Waals surface area contributed by atoms with Gasteiger partial charge in [0, 0.05) is 36.8 Å². The minimum atomic E-state index is -0.196. The second-order valence-corrected chi connectivity index (χ2v) is 5.35. The summed E-state index contributed by atoms with van der Waals surface area (Å²) in [6.45, 7) is 1.54. The van der Waals surface area contributed by atoms with Crippen molar-refractivity contribution in [3.8, 4) is 0 Å². The van der Waals surface area contributed by atoms with Crippen molar-refractivity contribution in [1.82, 2.24) is 0 Å². The van der Waals surface area contributed by atoms with Crippen LogP contribution in [0.15, 0.2) is 18.2 Å². The molecular formula is C12H15FINO2. The number of benzene rings is 1. The number of hydrogen-bond acceptors (Lipinski definition) is 3. The van der Waals surface area contributed by atoms with E-state index in [4.69, 9.17) is 9.47 Å². The van der Waals surface area contributed by atoms with Gasteiger partial charge in [0.15, 0.2) is 6.29 Å². The molecule has 0 bridgehead atoms. The molecule has 3 nitrogen and oxygen atoms in total. The lowest BCUT2D eigenvalue weighted by Gasteiger charge is -2.43. The standard InChI is InChI=1S/C12H15FINO2/c1-16-12(17-2)8-6-15(7-8)11-4-3-9(14)5-10(11)13/h3-5,8,12H,6-7H2,1-2H3. The summed E-state index contributed by atoms with van der Waals surface area (Å²) in [6, 6.07) is 5.28. The first-order chi connectivity index (χ1) is 8.15. The van der Waals surface area contributed by atoms with E-state index in [0.29, 0.717) is 11.6 Å². The highest BCUT2D eigenvalue weighted by Crippen LogP contribution is 2.30. The number of anilines is 1. The summed E-state index contributed by atoms with van der Waals surface area (Å²) in [5.41, 5.74) is 0.660. The van der Waals surface area contributed by atoms with E-state index in [9.17, 15) is 4.39 Å². The maximum atomic E-state index is 13.7. The van der Waals surface area contributed by atoms with Crippen LogP contribution < -0.4 is 4.90 Å². The van der Waals surface area contributed by atoms with E-state index < -0.39 is 0 Å². The topological polar surface area (TPSA) is 21.7 Å². The maximum Gasteiger partial charge on any atom is 0.162 e. The Hall–Kier alpha value is -0.400. The summed E-state index contributed by atoms with van der Waals surface area (Å²) in [5, 5.41) is 0. The molecule has 0 radical (unpaired) electrons. The smallest absolute Gasteiger partial charge is 0.162 e. The molecule has 0 aromatic heterocycles. The second kappa shape index (κ2) is 5.49. The minimum Gasteiger partial charge on any atom is -0.368 e. The zero-order valence-electron chi connectivity index (χ0n) is 9.82. The lowest BCUT2D eigenvalue weighted by Crippen LogP contribution is -2.53. The first-order valence-electron chi connectivity index (χ1n) is 5.41. The number of hydrogen-bond donors (Lipinski definition) is 0. The van der Waals surface area contributed by atoms with Crippen molar-refractivity contribution in [2.24, 2.45) is 5.92 Å². The van der Waals surface area contributed by atoms with Gasteiger partial charge in [0.1, 0.15) is 5.82 Å². The molecule has 94 valence electrons. The first kappa shape index (κ1) is 13.0. The first-order valence-corrected chi connectivity index (χ1v) is 6.49. The Morgan fingerprint density at radius 3 is 2.53 bits per heavy atom. The molecule has 0 N–H and O–H groups in total. The van der Waals surface area contributed by atoms with E-state index in [-0.39, 0.29) is 12.1 Å². The van der Waals surface area contributed by atoms with Crippen molar-refractivity contribution in [1.29, 1.82) is 0 Å². The molecule has 1 saturated heterocycles. The Balaban J connectivity index is 1.99. The predicted octanol–water partition coefficient (Wildman–Crippen LogP) is 2.49. The van der Waals surface area contributed by atoms with E-state index in [1.807, 2.05) is 17.0 Å². The molecule has 17 heavy (non-hydrogen) atoms. The van der Waals surface area contributed by atoms with Crippen molar-refractivity contribution in [2.45, 2.75) is 6.29 Å². The lowest BCUT2D eigenvalue weighted by molar-refractivity contribution is -0.142. The second-order valence-electron chi connectivity index (χ2n) is 4.10. The van der Waals surface area contributed by atoms with E-state index in [1.165, 1.54) is 0 Å². The largest absolute Gasteiger partial charge is 0.368 e. The predicted molar refractivity (Wildman–Crippen MR) is 72.6 cm³/mol. The summed E-state index contributed by atoms with van der Waals surface area (Å²) in [6.07, 6.45) is -0.196. The van der Waals surface area contributed by atoms with Gasteiger partial charge in [0.2, 0.25) is 0 Å². The van der Waals surface area contributed by atoms with Crippen LogP contribution in [0.4, 0.5) is 10.1 Å². The summed E-state index contributed by atoms with van der Waals surface area (Å²) in [4.78, 5) is 2.00. The fourth-order valence-corrected chi connectivity index (χ4v) is 2.55. The molecule has 1 aliphatic rings. The van der Waals surface area contributed by atoms with Crippen molar-refractivity contribution in [2.75, 3.05) is 32.2 Å². The highest BCUT2D eigenvalue weighted by molar-refractivity contribution is 14.1. The molecule has 0 unspecified atom stereocenters. The summed E-state index contributed by atoms with van der Waals surface area (Å²) >= 11 is 2.10. The van der Waals surface area contributed by atoms with Gasteiger partial charge in [-0.3, -0.25) is 0 Å². The highest BCUT2D eigenvalue weighted by atomic mass is 127. The molecule has 5 heteroatoms. The van der Waals surface area contributed by atoms with Crippen LogP contribution in [0.25, 0.3) is 0 Å². The van der Waals surface area contributed by atoms with Gasteiger partial charge in [-0.05, 0) is 40.8 Å². The zero-order chi connectivity index (χ0) is 12.4. The zero-order valence-corrected chi connectivity index (χ0v) is 12.0. The summed E-state index contributed by atoms with van der Waals surface area (Å²) in [7, 11) is 3.25. The number of methoxy groups -OCH3 is 2. The van der Waals surface area contributed by atoms with Crippen LogP contribution in [0.5, 0.6) is 0 Å². The van der Waals surface area contributed by atoms with E-state index in [1.54, 1.807) is 20.3 Å². The SMILES string of the molecule is COC(OC)C1CN(c2ccc(I)cc2F)C1. The third-order valence-electron chi connectivity index (χ3n) is 3.01. The van der Waals surface area contributed by atoms with Crippen LogP contribution in [0.3, 0.4) is 0 Å². The summed E-state index contributed by atoms with van der Waals surface area (Å²) < 4.78 is 25.0. The molecule has 1 aliphatic heterocycles. The van der Waals surface area contributed by atoms with Crippen LogP contribution in [-0.2, 0) is 9.47 Å². The maximum absolute atomic E-state index is 13.7.